The molecule has 0 aliphatic rings. The minimum absolute atomic E-state index is 0.122. The van der Waals surface area contributed by atoms with Gasteiger partial charge in [-0.2, -0.15) is 22.1 Å². The first kappa shape index (κ1) is 19.6. The monoisotopic (exact) mass is 392 g/mol. The van der Waals surface area contributed by atoms with E-state index < -0.39 is 0 Å². The number of benzene rings is 2. The molecule has 0 aliphatic heterocycles. The van der Waals surface area contributed by atoms with E-state index in [9.17, 15) is 9.59 Å². The molecule has 1 N–H and O–H groups in total. The zero-order valence-corrected chi connectivity index (χ0v) is 16.3. The van der Waals surface area contributed by atoms with Crippen molar-refractivity contribution in [1.82, 2.24) is 15.1 Å². The van der Waals surface area contributed by atoms with Gasteiger partial charge in [0.15, 0.2) is 0 Å². The SMILES string of the molecule is Cn1nc(CC(=O)NCCSCc2ccccc2C#N)c2ccccc2c1=O. The zero-order chi connectivity index (χ0) is 19.9. The number of carbonyl (C=O) groups excluding carboxylic acids is 1. The molecule has 0 saturated heterocycles. The number of fused-ring (bicyclic) bond motifs is 1. The Hall–Kier alpha value is -3.11. The molecule has 0 fully saturated rings. The molecule has 3 rings (SSSR count). The number of hydrogen-bond acceptors (Lipinski definition) is 5. The first-order valence-corrected chi connectivity index (χ1v) is 10.0. The normalized spacial score (nSPS) is 10.6. The third-order valence-electron chi connectivity index (χ3n) is 4.32. The zero-order valence-electron chi connectivity index (χ0n) is 15.5. The molecule has 0 atom stereocenters. The molecule has 0 bridgehead atoms. The lowest BCUT2D eigenvalue weighted by Crippen LogP contribution is -2.29. The quantitative estimate of drug-likeness (QED) is 0.624. The van der Waals surface area contributed by atoms with E-state index in [2.05, 4.69) is 16.5 Å². The number of nitriles is 1. The lowest BCUT2D eigenvalue weighted by molar-refractivity contribution is -0.120. The Balaban J connectivity index is 1.53. The van der Waals surface area contributed by atoms with E-state index in [1.165, 1.54) is 4.68 Å². The van der Waals surface area contributed by atoms with Crippen molar-refractivity contribution in [2.45, 2.75) is 12.2 Å². The third kappa shape index (κ3) is 4.59. The Labute approximate surface area is 167 Å². The van der Waals surface area contributed by atoms with Crippen molar-refractivity contribution in [2.24, 2.45) is 7.05 Å². The van der Waals surface area contributed by atoms with Gasteiger partial charge in [0.05, 0.1) is 29.1 Å². The molecule has 0 saturated carbocycles. The Morgan fingerprint density at radius 2 is 1.89 bits per heavy atom. The number of amides is 1. The largest absolute Gasteiger partial charge is 0.355 e. The van der Waals surface area contributed by atoms with E-state index in [1.54, 1.807) is 30.9 Å². The lowest BCUT2D eigenvalue weighted by atomic mass is 10.1. The molecule has 7 heteroatoms. The maximum atomic E-state index is 12.3. The summed E-state index contributed by atoms with van der Waals surface area (Å²) in [6, 6.07) is 16.9. The third-order valence-corrected chi connectivity index (χ3v) is 5.33. The summed E-state index contributed by atoms with van der Waals surface area (Å²) in [5.74, 6) is 1.34. The van der Waals surface area contributed by atoms with E-state index in [1.807, 2.05) is 36.4 Å². The lowest BCUT2D eigenvalue weighted by Gasteiger charge is -2.09. The molecule has 0 radical (unpaired) electrons. The van der Waals surface area contributed by atoms with Gasteiger partial charge in [0.25, 0.3) is 5.56 Å². The average molecular weight is 392 g/mol. The fourth-order valence-electron chi connectivity index (χ4n) is 2.92. The number of rotatable bonds is 7. The molecule has 1 aromatic heterocycles. The number of nitrogens with zero attached hydrogens (tertiary/aromatic N) is 3. The Morgan fingerprint density at radius 1 is 1.18 bits per heavy atom. The second-order valence-corrected chi connectivity index (χ2v) is 7.37. The highest BCUT2D eigenvalue weighted by Crippen LogP contribution is 2.16. The van der Waals surface area contributed by atoms with E-state index in [0.29, 0.717) is 28.6 Å². The van der Waals surface area contributed by atoms with Gasteiger partial charge < -0.3 is 5.32 Å². The van der Waals surface area contributed by atoms with Crippen LogP contribution in [0.15, 0.2) is 53.3 Å². The second kappa shape index (κ2) is 9.20. The van der Waals surface area contributed by atoms with Crippen molar-refractivity contribution >= 4 is 28.4 Å². The van der Waals surface area contributed by atoms with Gasteiger partial charge in [-0.25, -0.2) is 4.68 Å². The highest BCUT2D eigenvalue weighted by Gasteiger charge is 2.12. The van der Waals surface area contributed by atoms with Crippen LogP contribution in [-0.2, 0) is 24.0 Å². The van der Waals surface area contributed by atoms with Crippen LogP contribution in [0.3, 0.4) is 0 Å². The average Bonchev–Trinajstić information content (AvgIpc) is 2.72. The summed E-state index contributed by atoms with van der Waals surface area (Å²) < 4.78 is 1.27. The number of carbonyl (C=O) groups is 1. The van der Waals surface area contributed by atoms with Crippen LogP contribution in [-0.4, -0.2) is 28.0 Å². The topological polar surface area (TPSA) is 87.8 Å². The van der Waals surface area contributed by atoms with Crippen molar-refractivity contribution < 1.29 is 4.79 Å². The predicted molar refractivity (Wildman–Crippen MR) is 111 cm³/mol. The van der Waals surface area contributed by atoms with E-state index in [0.717, 1.165) is 17.1 Å². The molecular weight excluding hydrogens is 372 g/mol. The van der Waals surface area contributed by atoms with Crippen LogP contribution in [0.2, 0.25) is 0 Å². The molecule has 0 unspecified atom stereocenters. The van der Waals surface area contributed by atoms with Gasteiger partial charge >= 0.3 is 0 Å². The van der Waals surface area contributed by atoms with Crippen LogP contribution in [0.1, 0.15) is 16.8 Å². The van der Waals surface area contributed by atoms with Crippen molar-refractivity contribution in [3.05, 3.63) is 75.7 Å². The van der Waals surface area contributed by atoms with Gasteiger partial charge in [-0.15, -0.1) is 0 Å². The molecule has 3 aromatic rings. The minimum atomic E-state index is -0.172. The Kier molecular flexibility index (Phi) is 6.45. The van der Waals surface area contributed by atoms with Crippen LogP contribution in [0.5, 0.6) is 0 Å². The number of aromatic nitrogens is 2. The van der Waals surface area contributed by atoms with Crippen LogP contribution in [0.4, 0.5) is 0 Å². The molecule has 2 aromatic carbocycles. The number of aryl methyl sites for hydroxylation is 1. The van der Waals surface area contributed by atoms with E-state index in [4.69, 9.17) is 5.26 Å². The van der Waals surface area contributed by atoms with Crippen LogP contribution < -0.4 is 10.9 Å². The van der Waals surface area contributed by atoms with Crippen LogP contribution in [0.25, 0.3) is 10.8 Å². The summed E-state index contributed by atoms with van der Waals surface area (Å²) in [4.78, 5) is 24.4. The summed E-state index contributed by atoms with van der Waals surface area (Å²) in [5.41, 5.74) is 2.11. The van der Waals surface area contributed by atoms with Gasteiger partial charge in [0, 0.05) is 30.5 Å². The fourth-order valence-corrected chi connectivity index (χ4v) is 3.78. The highest BCUT2D eigenvalue weighted by atomic mass is 32.2. The Morgan fingerprint density at radius 3 is 2.68 bits per heavy atom. The van der Waals surface area contributed by atoms with Crippen molar-refractivity contribution in [3.63, 3.8) is 0 Å². The van der Waals surface area contributed by atoms with Gasteiger partial charge in [0.2, 0.25) is 5.91 Å². The number of nitrogens with one attached hydrogen (secondary N) is 1. The second-order valence-electron chi connectivity index (χ2n) is 6.27. The summed E-state index contributed by atoms with van der Waals surface area (Å²) in [6.07, 6.45) is 0.122. The minimum Gasteiger partial charge on any atom is -0.355 e. The molecular formula is C21H20N4O2S. The molecule has 0 aliphatic carbocycles. The van der Waals surface area contributed by atoms with Gasteiger partial charge in [0.1, 0.15) is 0 Å². The summed E-state index contributed by atoms with van der Waals surface area (Å²) in [7, 11) is 1.59. The fraction of sp³-hybridized carbons (Fsp3) is 0.238. The van der Waals surface area contributed by atoms with E-state index >= 15 is 0 Å². The molecule has 6 nitrogen and oxygen atoms in total. The first-order chi connectivity index (χ1) is 13.6. The molecule has 28 heavy (non-hydrogen) atoms. The highest BCUT2D eigenvalue weighted by molar-refractivity contribution is 7.98. The first-order valence-electron chi connectivity index (χ1n) is 8.87. The van der Waals surface area contributed by atoms with Gasteiger partial charge in [-0.3, -0.25) is 9.59 Å². The van der Waals surface area contributed by atoms with Gasteiger partial charge in [-0.05, 0) is 17.7 Å². The van der Waals surface area contributed by atoms with Crippen molar-refractivity contribution in [3.8, 4) is 6.07 Å². The molecule has 1 heterocycles. The smallest absolute Gasteiger partial charge is 0.274 e. The maximum Gasteiger partial charge on any atom is 0.274 e. The predicted octanol–water partition coefficient (Wildman–Crippen LogP) is 2.40. The summed E-state index contributed by atoms with van der Waals surface area (Å²) in [5, 5.41) is 17.5. The van der Waals surface area contributed by atoms with Crippen LogP contribution in [0, 0.1) is 11.3 Å². The summed E-state index contributed by atoms with van der Waals surface area (Å²) in [6.45, 7) is 0.530. The molecule has 142 valence electrons. The maximum absolute atomic E-state index is 12.3. The molecule has 0 spiro atoms. The van der Waals surface area contributed by atoms with E-state index in [-0.39, 0.29) is 17.9 Å². The summed E-state index contributed by atoms with van der Waals surface area (Å²) >= 11 is 1.66. The number of hydrogen-bond donors (Lipinski definition) is 1. The van der Waals surface area contributed by atoms with Crippen LogP contribution >= 0.6 is 11.8 Å². The van der Waals surface area contributed by atoms with Crippen molar-refractivity contribution in [1.29, 1.82) is 5.26 Å². The number of thioether (sulfide) groups is 1. The molecule has 1 amide bonds. The Bertz CT molecular complexity index is 1100. The van der Waals surface area contributed by atoms with Crippen molar-refractivity contribution in [2.75, 3.05) is 12.3 Å². The van der Waals surface area contributed by atoms with Gasteiger partial charge in [-0.1, -0.05) is 36.4 Å². The standard InChI is InChI=1S/C21H20N4O2S/c1-25-21(27)18-9-5-4-8-17(18)19(24-25)12-20(26)23-10-11-28-14-16-7-3-2-6-15(16)13-22/h2-9H,10-12,14H2,1H3,(H,23,26).